The van der Waals surface area contributed by atoms with Gasteiger partial charge < -0.3 is 5.11 Å². The third kappa shape index (κ3) is 1.37. The van der Waals surface area contributed by atoms with E-state index in [0.717, 1.165) is 6.42 Å². The molecule has 1 fully saturated rings. The SMILES string of the molecule is CC(O)[C@@H]1C[C@H]1c1ccccc1. The Balaban J connectivity index is 2.06. The molecule has 1 N–H and O–H groups in total. The van der Waals surface area contributed by atoms with Crippen LogP contribution < -0.4 is 0 Å². The van der Waals surface area contributed by atoms with Crippen molar-refractivity contribution in [1.29, 1.82) is 0 Å². The average Bonchev–Trinajstić information content (AvgIpc) is 2.84. The van der Waals surface area contributed by atoms with Crippen molar-refractivity contribution in [3.63, 3.8) is 0 Å². The fraction of sp³-hybridized carbons (Fsp3) is 0.455. The van der Waals surface area contributed by atoms with Crippen LogP contribution in [0.1, 0.15) is 24.8 Å². The minimum absolute atomic E-state index is 0.143. The van der Waals surface area contributed by atoms with Crippen LogP contribution >= 0.6 is 0 Å². The molecule has 0 aromatic heterocycles. The third-order valence-corrected chi connectivity index (χ3v) is 2.69. The lowest BCUT2D eigenvalue weighted by Crippen LogP contribution is -2.03. The van der Waals surface area contributed by atoms with Crippen LogP contribution in [0.25, 0.3) is 0 Å². The summed E-state index contributed by atoms with van der Waals surface area (Å²) in [5.74, 6) is 1.12. The van der Waals surface area contributed by atoms with Crippen LogP contribution in [0, 0.1) is 5.92 Å². The number of benzene rings is 1. The molecule has 0 radical (unpaired) electrons. The van der Waals surface area contributed by atoms with Gasteiger partial charge in [0.2, 0.25) is 0 Å². The highest BCUT2D eigenvalue weighted by Gasteiger charge is 2.41. The summed E-state index contributed by atoms with van der Waals surface area (Å²) in [6, 6.07) is 10.4. The van der Waals surface area contributed by atoms with E-state index in [-0.39, 0.29) is 6.10 Å². The van der Waals surface area contributed by atoms with Crippen molar-refractivity contribution in [2.45, 2.75) is 25.4 Å². The Hall–Kier alpha value is -0.820. The van der Waals surface area contributed by atoms with E-state index in [1.54, 1.807) is 0 Å². The first-order valence-electron chi connectivity index (χ1n) is 4.52. The van der Waals surface area contributed by atoms with Gasteiger partial charge >= 0.3 is 0 Å². The van der Waals surface area contributed by atoms with Gasteiger partial charge in [-0.15, -0.1) is 0 Å². The number of hydrogen-bond acceptors (Lipinski definition) is 1. The Morgan fingerprint density at radius 2 is 2.00 bits per heavy atom. The average molecular weight is 162 g/mol. The van der Waals surface area contributed by atoms with E-state index in [9.17, 15) is 5.11 Å². The maximum atomic E-state index is 9.32. The third-order valence-electron chi connectivity index (χ3n) is 2.69. The second-order valence-corrected chi connectivity index (χ2v) is 3.66. The summed E-state index contributed by atoms with van der Waals surface area (Å²) >= 11 is 0. The molecule has 0 spiro atoms. The van der Waals surface area contributed by atoms with Gasteiger partial charge in [0.15, 0.2) is 0 Å². The molecule has 1 aliphatic carbocycles. The monoisotopic (exact) mass is 162 g/mol. The second-order valence-electron chi connectivity index (χ2n) is 3.66. The summed E-state index contributed by atoms with van der Waals surface area (Å²) < 4.78 is 0. The van der Waals surface area contributed by atoms with E-state index >= 15 is 0 Å². The molecule has 1 unspecified atom stereocenters. The van der Waals surface area contributed by atoms with E-state index in [1.807, 2.05) is 13.0 Å². The van der Waals surface area contributed by atoms with Gasteiger partial charge in [-0.25, -0.2) is 0 Å². The van der Waals surface area contributed by atoms with Crippen LogP contribution in [0.2, 0.25) is 0 Å². The molecule has 2 rings (SSSR count). The summed E-state index contributed by atoms with van der Waals surface area (Å²) in [4.78, 5) is 0. The Morgan fingerprint density at radius 3 is 2.50 bits per heavy atom. The van der Waals surface area contributed by atoms with Gasteiger partial charge in [0.05, 0.1) is 6.10 Å². The maximum absolute atomic E-state index is 9.32. The molecule has 1 nitrogen and oxygen atoms in total. The van der Waals surface area contributed by atoms with Gasteiger partial charge in [0.1, 0.15) is 0 Å². The molecule has 1 aliphatic rings. The zero-order chi connectivity index (χ0) is 8.55. The van der Waals surface area contributed by atoms with Crippen molar-refractivity contribution < 1.29 is 5.11 Å². The highest BCUT2D eigenvalue weighted by atomic mass is 16.3. The second kappa shape index (κ2) is 2.91. The zero-order valence-electron chi connectivity index (χ0n) is 7.27. The first kappa shape index (κ1) is 7.81. The summed E-state index contributed by atoms with van der Waals surface area (Å²) in [5.41, 5.74) is 1.38. The molecule has 1 aromatic carbocycles. The number of rotatable bonds is 2. The molecule has 64 valence electrons. The van der Waals surface area contributed by atoms with Crippen LogP contribution in [0.5, 0.6) is 0 Å². The van der Waals surface area contributed by atoms with Crippen molar-refractivity contribution in [3.05, 3.63) is 35.9 Å². The fourth-order valence-electron chi connectivity index (χ4n) is 1.83. The Labute approximate surface area is 73.0 Å². The minimum Gasteiger partial charge on any atom is -0.393 e. The summed E-state index contributed by atoms with van der Waals surface area (Å²) in [6.07, 6.45) is 1.01. The van der Waals surface area contributed by atoms with Crippen molar-refractivity contribution >= 4 is 0 Å². The van der Waals surface area contributed by atoms with E-state index in [4.69, 9.17) is 0 Å². The van der Waals surface area contributed by atoms with Gasteiger partial charge in [-0.2, -0.15) is 0 Å². The predicted molar refractivity (Wildman–Crippen MR) is 49.0 cm³/mol. The quantitative estimate of drug-likeness (QED) is 0.706. The van der Waals surface area contributed by atoms with Crippen LogP contribution in [0.15, 0.2) is 30.3 Å². The van der Waals surface area contributed by atoms with Gasteiger partial charge in [-0.1, -0.05) is 30.3 Å². The van der Waals surface area contributed by atoms with E-state index < -0.39 is 0 Å². The molecule has 0 bridgehead atoms. The van der Waals surface area contributed by atoms with Gasteiger partial charge in [0.25, 0.3) is 0 Å². The van der Waals surface area contributed by atoms with Crippen molar-refractivity contribution in [2.75, 3.05) is 0 Å². The Morgan fingerprint density at radius 1 is 1.33 bits per heavy atom. The van der Waals surface area contributed by atoms with E-state index in [0.29, 0.717) is 11.8 Å². The molecule has 0 aliphatic heterocycles. The molecular formula is C11H14O. The summed E-state index contributed by atoms with van der Waals surface area (Å²) in [7, 11) is 0. The Kier molecular flexibility index (Phi) is 1.89. The topological polar surface area (TPSA) is 20.2 Å². The van der Waals surface area contributed by atoms with Crippen molar-refractivity contribution in [1.82, 2.24) is 0 Å². The minimum atomic E-state index is -0.143. The smallest absolute Gasteiger partial charge is 0.0546 e. The zero-order valence-corrected chi connectivity index (χ0v) is 7.27. The largest absolute Gasteiger partial charge is 0.393 e. The Bertz CT molecular complexity index is 253. The lowest BCUT2D eigenvalue weighted by Gasteiger charge is -2.02. The molecule has 0 heterocycles. The van der Waals surface area contributed by atoms with Crippen LogP contribution in [0.3, 0.4) is 0 Å². The maximum Gasteiger partial charge on any atom is 0.0546 e. The number of hydrogen-bond donors (Lipinski definition) is 1. The predicted octanol–water partition coefficient (Wildman–Crippen LogP) is 2.17. The lowest BCUT2D eigenvalue weighted by atomic mass is 10.1. The van der Waals surface area contributed by atoms with Crippen LogP contribution in [-0.4, -0.2) is 11.2 Å². The standard InChI is InChI=1S/C11H14O/c1-8(12)10-7-11(10)9-5-3-2-4-6-9/h2-6,8,10-12H,7H2,1H3/t8?,10-,11-/m0/s1. The van der Waals surface area contributed by atoms with Crippen LogP contribution in [0.4, 0.5) is 0 Å². The molecule has 12 heavy (non-hydrogen) atoms. The molecule has 1 aromatic rings. The molecular weight excluding hydrogens is 148 g/mol. The van der Waals surface area contributed by atoms with E-state index in [2.05, 4.69) is 24.3 Å². The molecule has 3 atom stereocenters. The first-order valence-corrected chi connectivity index (χ1v) is 4.52. The summed E-state index contributed by atoms with van der Waals surface area (Å²) in [5, 5.41) is 9.32. The molecule has 1 saturated carbocycles. The summed E-state index contributed by atoms with van der Waals surface area (Å²) in [6.45, 7) is 1.88. The fourth-order valence-corrected chi connectivity index (χ4v) is 1.83. The first-order chi connectivity index (χ1) is 5.79. The molecule has 0 saturated heterocycles. The highest BCUT2D eigenvalue weighted by molar-refractivity contribution is 5.25. The van der Waals surface area contributed by atoms with Gasteiger partial charge in [-0.3, -0.25) is 0 Å². The van der Waals surface area contributed by atoms with E-state index in [1.165, 1.54) is 5.56 Å². The number of aliphatic hydroxyl groups is 1. The van der Waals surface area contributed by atoms with Crippen LogP contribution in [-0.2, 0) is 0 Å². The normalized spacial score (nSPS) is 29.8. The lowest BCUT2D eigenvalue weighted by molar-refractivity contribution is 0.169. The highest BCUT2D eigenvalue weighted by Crippen LogP contribution is 2.49. The number of aliphatic hydroxyl groups excluding tert-OH is 1. The molecule has 0 amide bonds. The van der Waals surface area contributed by atoms with Crippen molar-refractivity contribution in [3.8, 4) is 0 Å². The van der Waals surface area contributed by atoms with Gasteiger partial charge in [-0.05, 0) is 30.7 Å². The van der Waals surface area contributed by atoms with Gasteiger partial charge in [0, 0.05) is 0 Å². The van der Waals surface area contributed by atoms with Crippen molar-refractivity contribution in [2.24, 2.45) is 5.92 Å². The molecule has 1 heteroatoms.